The molecule has 0 aromatic rings. The van der Waals surface area contributed by atoms with Crippen LogP contribution in [-0.2, 0) is 0 Å². The fourth-order valence-corrected chi connectivity index (χ4v) is 1.94. The smallest absolute Gasteiger partial charge is 0.00750 e. The Kier molecular flexibility index (Phi) is 5.88. The third-order valence-corrected chi connectivity index (χ3v) is 3.03. The average Bonchev–Trinajstić information content (AvgIpc) is 1.92. The van der Waals surface area contributed by atoms with Crippen molar-refractivity contribution in [2.45, 2.75) is 59.1 Å². The molecule has 0 bridgehead atoms. The van der Waals surface area contributed by atoms with Crippen molar-refractivity contribution in [2.75, 3.05) is 5.75 Å². The fourth-order valence-electron chi connectivity index (χ4n) is 1.02. The summed E-state index contributed by atoms with van der Waals surface area (Å²) in [6, 6.07) is 0. The highest BCUT2D eigenvalue weighted by Crippen LogP contribution is 2.24. The average molecular weight is 214 g/mol. The summed E-state index contributed by atoms with van der Waals surface area (Å²) < 4.78 is 0.424. The zero-order chi connectivity index (χ0) is 11.2. The summed E-state index contributed by atoms with van der Waals surface area (Å²) in [5.41, 5.74) is 0.344. The summed E-state index contributed by atoms with van der Waals surface area (Å²) in [6.07, 6.45) is 7.16. The van der Waals surface area contributed by atoms with Gasteiger partial charge in [0.1, 0.15) is 0 Å². The lowest BCUT2D eigenvalue weighted by Gasteiger charge is -2.17. The molecule has 0 fully saturated rings. The van der Waals surface area contributed by atoms with Crippen LogP contribution in [0.4, 0.5) is 0 Å². The number of rotatable bonds is 4. The quantitative estimate of drug-likeness (QED) is 0.474. The Hall–Kier alpha value is 0.0900. The molecule has 0 spiro atoms. The molecule has 0 saturated carbocycles. The minimum absolute atomic E-state index is 0.344. The molecule has 0 N–H and O–H groups in total. The van der Waals surface area contributed by atoms with E-state index in [9.17, 15) is 0 Å². The van der Waals surface area contributed by atoms with E-state index in [1.807, 2.05) is 0 Å². The van der Waals surface area contributed by atoms with Crippen LogP contribution in [-0.4, -0.2) is 10.5 Å². The van der Waals surface area contributed by atoms with Crippen LogP contribution in [0.3, 0.4) is 0 Å². The van der Waals surface area contributed by atoms with Gasteiger partial charge in [-0.2, -0.15) is 11.8 Å². The summed E-state index contributed by atoms with van der Waals surface area (Å²) in [5, 5.41) is 0. The normalized spacial score (nSPS) is 13.9. The van der Waals surface area contributed by atoms with E-state index >= 15 is 0 Å². The van der Waals surface area contributed by atoms with Gasteiger partial charge in [0.15, 0.2) is 0 Å². The minimum atomic E-state index is 0.344. The van der Waals surface area contributed by atoms with Gasteiger partial charge in [-0.05, 0) is 24.0 Å². The standard InChI is InChI=1S/C13H26S/c1-12(2,3)10-8-7-9-11-14-13(4,5)6/h8,10H,7,9,11H2,1-6H3/b10-8-. The summed E-state index contributed by atoms with van der Waals surface area (Å²) >= 11 is 2.06. The maximum atomic E-state index is 2.32. The van der Waals surface area contributed by atoms with Crippen LogP contribution in [0.1, 0.15) is 54.4 Å². The summed E-state index contributed by atoms with van der Waals surface area (Å²) in [5.74, 6) is 1.28. The van der Waals surface area contributed by atoms with Crippen molar-refractivity contribution in [3.05, 3.63) is 12.2 Å². The molecule has 0 nitrogen and oxygen atoms in total. The first-order valence-corrected chi connectivity index (χ1v) is 6.51. The third kappa shape index (κ3) is 12.1. The van der Waals surface area contributed by atoms with Gasteiger partial charge < -0.3 is 0 Å². The molecule has 0 atom stereocenters. The Bertz CT molecular complexity index is 167. The monoisotopic (exact) mass is 214 g/mol. The van der Waals surface area contributed by atoms with Crippen LogP contribution in [0.25, 0.3) is 0 Å². The van der Waals surface area contributed by atoms with Gasteiger partial charge in [0.2, 0.25) is 0 Å². The number of thioether (sulfide) groups is 1. The highest BCUT2D eigenvalue weighted by molar-refractivity contribution is 8.00. The Labute approximate surface area is 94.6 Å². The van der Waals surface area contributed by atoms with E-state index in [0.29, 0.717) is 10.2 Å². The van der Waals surface area contributed by atoms with Crippen LogP contribution < -0.4 is 0 Å². The van der Waals surface area contributed by atoms with E-state index in [0.717, 1.165) is 0 Å². The van der Waals surface area contributed by atoms with Gasteiger partial charge >= 0.3 is 0 Å². The molecule has 0 heterocycles. The molecule has 0 aliphatic heterocycles. The number of hydrogen-bond acceptors (Lipinski definition) is 1. The molecule has 1 heteroatoms. The van der Waals surface area contributed by atoms with Gasteiger partial charge in [0.05, 0.1) is 0 Å². The molecular weight excluding hydrogens is 188 g/mol. The van der Waals surface area contributed by atoms with Gasteiger partial charge in [-0.1, -0.05) is 53.7 Å². The first-order valence-electron chi connectivity index (χ1n) is 5.52. The van der Waals surface area contributed by atoms with E-state index in [2.05, 4.69) is 65.5 Å². The van der Waals surface area contributed by atoms with Crippen LogP contribution in [0.2, 0.25) is 0 Å². The maximum Gasteiger partial charge on any atom is 0.00750 e. The van der Waals surface area contributed by atoms with E-state index < -0.39 is 0 Å². The van der Waals surface area contributed by atoms with Gasteiger partial charge in [-0.25, -0.2) is 0 Å². The van der Waals surface area contributed by atoms with E-state index in [1.54, 1.807) is 0 Å². The van der Waals surface area contributed by atoms with Crippen LogP contribution >= 0.6 is 11.8 Å². The first-order chi connectivity index (χ1) is 6.21. The van der Waals surface area contributed by atoms with Gasteiger partial charge in [0, 0.05) is 4.75 Å². The van der Waals surface area contributed by atoms with Crippen molar-refractivity contribution in [1.82, 2.24) is 0 Å². The second-order valence-corrected chi connectivity index (χ2v) is 7.79. The highest BCUT2D eigenvalue weighted by Gasteiger charge is 2.09. The topological polar surface area (TPSA) is 0 Å². The van der Waals surface area contributed by atoms with Crippen molar-refractivity contribution in [3.63, 3.8) is 0 Å². The lowest BCUT2D eigenvalue weighted by molar-refractivity contribution is 0.542. The first kappa shape index (κ1) is 14.1. The molecule has 14 heavy (non-hydrogen) atoms. The van der Waals surface area contributed by atoms with Crippen LogP contribution in [0.15, 0.2) is 12.2 Å². The Morgan fingerprint density at radius 3 is 2.00 bits per heavy atom. The van der Waals surface area contributed by atoms with Crippen molar-refractivity contribution in [1.29, 1.82) is 0 Å². The molecule has 0 rings (SSSR count). The zero-order valence-electron chi connectivity index (χ0n) is 10.7. The molecule has 0 unspecified atom stereocenters. The van der Waals surface area contributed by atoms with E-state index in [4.69, 9.17) is 0 Å². The van der Waals surface area contributed by atoms with E-state index in [1.165, 1.54) is 18.6 Å². The predicted octanol–water partition coefficient (Wildman–Crippen LogP) is 4.90. The van der Waals surface area contributed by atoms with Crippen molar-refractivity contribution in [3.8, 4) is 0 Å². The van der Waals surface area contributed by atoms with Crippen LogP contribution in [0, 0.1) is 5.41 Å². The van der Waals surface area contributed by atoms with Gasteiger partial charge in [-0.3, -0.25) is 0 Å². The fraction of sp³-hybridized carbons (Fsp3) is 0.846. The van der Waals surface area contributed by atoms with Crippen molar-refractivity contribution >= 4 is 11.8 Å². The molecule has 0 aliphatic carbocycles. The summed E-state index contributed by atoms with van der Waals surface area (Å²) in [7, 11) is 0. The van der Waals surface area contributed by atoms with Crippen LogP contribution in [0.5, 0.6) is 0 Å². The SMILES string of the molecule is CC(C)(C)/C=C\CCCSC(C)(C)C. The summed E-state index contributed by atoms with van der Waals surface area (Å²) in [6.45, 7) is 13.6. The molecule has 0 aromatic carbocycles. The lowest BCUT2D eigenvalue weighted by atomic mass is 9.96. The zero-order valence-corrected chi connectivity index (χ0v) is 11.5. The molecule has 0 radical (unpaired) electrons. The Morgan fingerprint density at radius 2 is 1.57 bits per heavy atom. The van der Waals surface area contributed by atoms with Gasteiger partial charge in [0.25, 0.3) is 0 Å². The summed E-state index contributed by atoms with van der Waals surface area (Å²) in [4.78, 5) is 0. The number of unbranched alkanes of at least 4 members (excludes halogenated alkanes) is 1. The number of hydrogen-bond donors (Lipinski definition) is 0. The maximum absolute atomic E-state index is 2.32. The molecule has 84 valence electrons. The molecule has 0 aromatic heterocycles. The molecule has 0 amide bonds. The predicted molar refractivity (Wildman–Crippen MR) is 70.0 cm³/mol. The second kappa shape index (κ2) is 5.85. The van der Waals surface area contributed by atoms with Gasteiger partial charge in [-0.15, -0.1) is 0 Å². The highest BCUT2D eigenvalue weighted by atomic mass is 32.2. The third-order valence-electron chi connectivity index (χ3n) is 1.67. The molecule has 0 aliphatic rings. The second-order valence-electron chi connectivity index (χ2n) is 5.87. The van der Waals surface area contributed by atoms with E-state index in [-0.39, 0.29) is 0 Å². The molecule has 0 saturated heterocycles. The number of allylic oxidation sites excluding steroid dienone is 2. The lowest BCUT2D eigenvalue weighted by Crippen LogP contribution is -2.08. The Balaban J connectivity index is 3.44. The van der Waals surface area contributed by atoms with Crippen molar-refractivity contribution in [2.24, 2.45) is 5.41 Å². The molecular formula is C13H26S. The minimum Gasteiger partial charge on any atom is -0.156 e. The Morgan fingerprint density at radius 1 is 1.00 bits per heavy atom. The van der Waals surface area contributed by atoms with Crippen molar-refractivity contribution < 1.29 is 0 Å². The largest absolute Gasteiger partial charge is 0.156 e.